The van der Waals surface area contributed by atoms with Crippen molar-refractivity contribution in [3.8, 4) is 23.0 Å². The molecule has 0 atom stereocenters. The minimum absolute atomic E-state index is 0.255. The number of phenolic OH excluding ortho intramolecular Hbond substituents is 4. The van der Waals surface area contributed by atoms with Crippen LogP contribution in [0.3, 0.4) is 0 Å². The van der Waals surface area contributed by atoms with E-state index in [0.717, 1.165) is 12.1 Å². The quantitative estimate of drug-likeness (QED) is 0.419. The Morgan fingerprint density at radius 3 is 1.53 bits per heavy atom. The Morgan fingerprint density at radius 1 is 1.07 bits per heavy atom. The van der Waals surface area contributed by atoms with E-state index in [4.69, 9.17) is 20.4 Å². The Morgan fingerprint density at radius 2 is 1.33 bits per heavy atom. The standard InChI is InChI=1S/C6H6O4.C4H8O/c7-3-1-2-4(8)6(10)5(3)9;1-3-4(2)5/h1-2,7-10H;3H2,1-2H3. The van der Waals surface area contributed by atoms with Crippen molar-refractivity contribution in [3.05, 3.63) is 12.1 Å². The van der Waals surface area contributed by atoms with E-state index in [1.165, 1.54) is 0 Å². The number of aromatic hydroxyl groups is 4. The van der Waals surface area contributed by atoms with Gasteiger partial charge in [0.25, 0.3) is 0 Å². The molecule has 0 saturated heterocycles. The van der Waals surface area contributed by atoms with Crippen LogP contribution in [-0.2, 0) is 4.79 Å². The van der Waals surface area contributed by atoms with Crippen molar-refractivity contribution in [1.82, 2.24) is 0 Å². The molecule has 0 aromatic heterocycles. The van der Waals surface area contributed by atoms with Gasteiger partial charge in [-0.3, -0.25) is 0 Å². The summed E-state index contributed by atoms with van der Waals surface area (Å²) in [5.41, 5.74) is 0. The predicted octanol–water partition coefficient (Wildman–Crippen LogP) is 1.49. The molecule has 0 heterocycles. The Bertz CT molecular complexity index is 319. The SMILES string of the molecule is CCC(C)=O.Oc1ccc(O)c(O)c1O. The van der Waals surface area contributed by atoms with Crippen molar-refractivity contribution >= 4 is 5.78 Å². The molecule has 0 fully saturated rings. The Hall–Kier alpha value is -1.91. The minimum atomic E-state index is -0.708. The van der Waals surface area contributed by atoms with Gasteiger partial charge in [-0.2, -0.15) is 0 Å². The lowest BCUT2D eigenvalue weighted by Gasteiger charge is -2.00. The van der Waals surface area contributed by atoms with E-state index < -0.39 is 23.0 Å². The van der Waals surface area contributed by atoms with Gasteiger partial charge >= 0.3 is 0 Å². The lowest BCUT2D eigenvalue weighted by molar-refractivity contribution is -0.116. The third-order valence-electron chi connectivity index (χ3n) is 1.61. The molecular weight excluding hydrogens is 200 g/mol. The number of phenols is 4. The van der Waals surface area contributed by atoms with Gasteiger partial charge in [-0.15, -0.1) is 0 Å². The van der Waals surface area contributed by atoms with Crippen LogP contribution in [0.2, 0.25) is 0 Å². The third-order valence-corrected chi connectivity index (χ3v) is 1.61. The highest BCUT2D eigenvalue weighted by Crippen LogP contribution is 2.40. The minimum Gasteiger partial charge on any atom is -0.504 e. The zero-order chi connectivity index (χ0) is 12.0. The number of hydrogen-bond donors (Lipinski definition) is 4. The normalized spacial score (nSPS) is 8.93. The van der Waals surface area contributed by atoms with Crippen LogP contribution in [0.4, 0.5) is 0 Å². The molecule has 15 heavy (non-hydrogen) atoms. The lowest BCUT2D eigenvalue weighted by Crippen LogP contribution is -1.80. The van der Waals surface area contributed by atoms with Gasteiger partial charge in [0.1, 0.15) is 5.78 Å². The highest BCUT2D eigenvalue weighted by atomic mass is 16.3. The molecule has 0 aliphatic carbocycles. The monoisotopic (exact) mass is 214 g/mol. The third kappa shape index (κ3) is 4.21. The molecule has 0 amide bonds. The molecule has 1 rings (SSSR count). The first-order chi connectivity index (χ1) is 6.90. The van der Waals surface area contributed by atoms with Crippen molar-refractivity contribution in [2.24, 2.45) is 0 Å². The molecule has 5 heteroatoms. The molecule has 1 aromatic carbocycles. The summed E-state index contributed by atoms with van der Waals surface area (Å²) in [6.45, 7) is 3.43. The smallest absolute Gasteiger partial charge is 0.204 e. The van der Waals surface area contributed by atoms with Gasteiger partial charge in [0.05, 0.1) is 0 Å². The fourth-order valence-electron chi connectivity index (χ4n) is 0.558. The summed E-state index contributed by atoms with van der Waals surface area (Å²) in [5.74, 6) is -2.09. The van der Waals surface area contributed by atoms with Crippen LogP contribution in [0.1, 0.15) is 20.3 Å². The zero-order valence-corrected chi connectivity index (χ0v) is 8.56. The second-order valence-corrected chi connectivity index (χ2v) is 2.86. The highest BCUT2D eigenvalue weighted by molar-refractivity contribution is 5.74. The van der Waals surface area contributed by atoms with Gasteiger partial charge in [-0.05, 0) is 19.1 Å². The van der Waals surface area contributed by atoms with Gasteiger partial charge in [0.2, 0.25) is 11.5 Å². The van der Waals surface area contributed by atoms with Crippen LogP contribution < -0.4 is 0 Å². The van der Waals surface area contributed by atoms with Gasteiger partial charge in [0, 0.05) is 6.42 Å². The van der Waals surface area contributed by atoms with Crippen LogP contribution in [-0.4, -0.2) is 26.2 Å². The summed E-state index contributed by atoms with van der Waals surface area (Å²) in [7, 11) is 0. The van der Waals surface area contributed by atoms with Crippen molar-refractivity contribution in [2.45, 2.75) is 20.3 Å². The van der Waals surface area contributed by atoms with E-state index in [9.17, 15) is 4.79 Å². The molecule has 0 saturated carbocycles. The summed E-state index contributed by atoms with van der Waals surface area (Å²) >= 11 is 0. The average molecular weight is 214 g/mol. The van der Waals surface area contributed by atoms with Crippen LogP contribution in [0.5, 0.6) is 23.0 Å². The van der Waals surface area contributed by atoms with E-state index in [-0.39, 0.29) is 5.78 Å². The van der Waals surface area contributed by atoms with Gasteiger partial charge < -0.3 is 25.2 Å². The molecule has 0 spiro atoms. The van der Waals surface area contributed by atoms with Gasteiger partial charge in [-0.1, -0.05) is 6.92 Å². The molecule has 0 bridgehead atoms. The molecule has 0 radical (unpaired) electrons. The molecule has 0 aliphatic heterocycles. The maximum absolute atomic E-state index is 9.81. The summed E-state index contributed by atoms with van der Waals surface area (Å²) in [6.07, 6.45) is 0.667. The predicted molar refractivity (Wildman–Crippen MR) is 54.1 cm³/mol. The molecule has 0 aliphatic rings. The Kier molecular flexibility index (Phi) is 5.01. The van der Waals surface area contributed by atoms with Gasteiger partial charge in [0.15, 0.2) is 11.5 Å². The molecule has 0 unspecified atom stereocenters. The maximum atomic E-state index is 9.81. The fourth-order valence-corrected chi connectivity index (χ4v) is 0.558. The molecule has 5 nitrogen and oxygen atoms in total. The lowest BCUT2D eigenvalue weighted by atomic mass is 10.3. The number of Topliss-reactive ketones (excluding diaryl/α,β-unsaturated/α-hetero) is 1. The molecule has 84 valence electrons. The van der Waals surface area contributed by atoms with Crippen LogP contribution in [0, 0.1) is 0 Å². The van der Waals surface area contributed by atoms with Crippen LogP contribution in [0.15, 0.2) is 12.1 Å². The number of benzene rings is 1. The Balaban J connectivity index is 0.000000336. The number of carbonyl (C=O) groups excluding carboxylic acids is 1. The highest BCUT2D eigenvalue weighted by Gasteiger charge is 2.08. The molecule has 4 N–H and O–H groups in total. The summed E-state index contributed by atoms with van der Waals surface area (Å²) in [6, 6.07) is 2.15. The summed E-state index contributed by atoms with van der Waals surface area (Å²) in [4.78, 5) is 9.81. The number of ketones is 1. The maximum Gasteiger partial charge on any atom is 0.204 e. The van der Waals surface area contributed by atoms with Crippen molar-refractivity contribution < 1.29 is 25.2 Å². The van der Waals surface area contributed by atoms with E-state index in [1.807, 2.05) is 6.92 Å². The first kappa shape index (κ1) is 13.1. The summed E-state index contributed by atoms with van der Waals surface area (Å²) < 4.78 is 0. The topological polar surface area (TPSA) is 98.0 Å². The summed E-state index contributed by atoms with van der Waals surface area (Å²) in [5, 5.41) is 34.9. The molecule has 1 aromatic rings. The van der Waals surface area contributed by atoms with Crippen molar-refractivity contribution in [3.63, 3.8) is 0 Å². The Labute approximate surface area is 87.2 Å². The fraction of sp³-hybridized carbons (Fsp3) is 0.300. The first-order valence-electron chi connectivity index (χ1n) is 4.32. The van der Waals surface area contributed by atoms with Crippen LogP contribution in [0.25, 0.3) is 0 Å². The van der Waals surface area contributed by atoms with Crippen LogP contribution >= 0.6 is 0 Å². The molecular formula is C10H14O5. The van der Waals surface area contributed by atoms with Gasteiger partial charge in [-0.25, -0.2) is 0 Å². The largest absolute Gasteiger partial charge is 0.504 e. The second-order valence-electron chi connectivity index (χ2n) is 2.86. The number of rotatable bonds is 1. The average Bonchev–Trinajstić information content (AvgIpc) is 2.21. The van der Waals surface area contributed by atoms with Crippen molar-refractivity contribution in [2.75, 3.05) is 0 Å². The first-order valence-corrected chi connectivity index (χ1v) is 4.32. The zero-order valence-electron chi connectivity index (χ0n) is 8.56. The van der Waals surface area contributed by atoms with E-state index >= 15 is 0 Å². The number of hydrogen-bond acceptors (Lipinski definition) is 5. The van der Waals surface area contributed by atoms with Crippen molar-refractivity contribution in [1.29, 1.82) is 0 Å². The second kappa shape index (κ2) is 5.74. The van der Waals surface area contributed by atoms with E-state index in [0.29, 0.717) is 6.42 Å². The van der Waals surface area contributed by atoms with E-state index in [2.05, 4.69) is 0 Å². The van der Waals surface area contributed by atoms with E-state index in [1.54, 1.807) is 6.92 Å². The number of carbonyl (C=O) groups is 1.